The number of hydrogen-bond donors (Lipinski definition) is 16. The van der Waals surface area contributed by atoms with Crippen molar-refractivity contribution >= 4 is 76.9 Å². The number of carboxylic acid groups (broad SMARTS) is 1. The molecule has 9 atom stereocenters. The number of unbranched alkanes of at least 4 members (excludes halogenated alkanes) is 1. The number of primary amides is 4. The normalized spacial score (nSPS) is 14.6. The Balaban J connectivity index is 3.43. The van der Waals surface area contributed by atoms with E-state index in [1.807, 2.05) is 0 Å². The van der Waals surface area contributed by atoms with Gasteiger partial charge in [-0.3, -0.25) is 57.5 Å². The smallest absolute Gasteiger partial charge is 0.326 e. The summed E-state index contributed by atoms with van der Waals surface area (Å²) in [7, 11) is 0. The average Bonchev–Trinajstić information content (AvgIpc) is 3.32. The zero-order chi connectivity index (χ0) is 58.7. The van der Waals surface area contributed by atoms with Crippen molar-refractivity contribution in [1.82, 2.24) is 42.5 Å². The molecule has 0 saturated carbocycles. The van der Waals surface area contributed by atoms with Crippen LogP contribution >= 0.6 is 0 Å². The standard InChI is InChI=1S/C48H78N14O15/c1-23(2)18-32(45(73)58-30(13-15-36(51)64)43(71)57-31(14-16-37(52)65)44(72)62-35(48(76)77)19-24(3)4)59-40(68)25(5)55-42(70)29(8-6-7-17-49)56-47(75)34(22-39(54)67)61-46(74)33(20-26-9-11-27(63)12-10-26)60-41(69)28(50)21-38(53)66/h9-12,23-25,28-35,63H,6-8,13-22,49-50H2,1-5H3,(H2,51,64)(H2,52,65)(H2,53,66)(H2,54,67)(H,55,70)(H,56,75)(H,57,71)(H,58,73)(H,59,68)(H,60,69)(H,61,74)(H,62,72)(H,76,77). The van der Waals surface area contributed by atoms with E-state index in [0.717, 1.165) is 0 Å². The third-order valence-corrected chi connectivity index (χ3v) is 11.4. The first kappa shape index (κ1) is 67.1. The molecule has 1 aromatic rings. The van der Waals surface area contributed by atoms with E-state index < -0.39 is 163 Å². The number of nitrogens with one attached hydrogen (secondary N) is 8. The molecule has 0 aromatic heterocycles. The summed E-state index contributed by atoms with van der Waals surface area (Å²) in [4.78, 5) is 168. The van der Waals surface area contributed by atoms with Crippen molar-refractivity contribution in [3.8, 4) is 5.75 Å². The fourth-order valence-corrected chi connectivity index (χ4v) is 7.38. The molecule has 0 aliphatic heterocycles. The van der Waals surface area contributed by atoms with E-state index in [9.17, 15) is 72.5 Å². The van der Waals surface area contributed by atoms with Crippen LogP contribution in [0.1, 0.15) is 111 Å². The molecule has 29 heteroatoms. The van der Waals surface area contributed by atoms with Gasteiger partial charge in [0.05, 0.1) is 18.9 Å². The number of benzene rings is 1. The van der Waals surface area contributed by atoms with Crippen LogP contribution in [0.5, 0.6) is 5.75 Å². The van der Waals surface area contributed by atoms with Crippen LogP contribution in [0.4, 0.5) is 0 Å². The lowest BCUT2D eigenvalue weighted by atomic mass is 10.0. The minimum Gasteiger partial charge on any atom is -0.508 e. The van der Waals surface area contributed by atoms with Gasteiger partial charge in [-0.05, 0) is 87.9 Å². The molecular formula is C48H78N14O15. The third-order valence-electron chi connectivity index (χ3n) is 11.4. The molecule has 430 valence electrons. The fraction of sp³-hybridized carbons (Fsp3) is 0.604. The quantitative estimate of drug-likeness (QED) is 0.0277. The number of amides is 12. The number of carboxylic acids is 1. The maximum Gasteiger partial charge on any atom is 0.326 e. The number of rotatable bonds is 37. The van der Waals surface area contributed by atoms with Crippen molar-refractivity contribution in [1.29, 1.82) is 0 Å². The number of carbonyl (C=O) groups excluding carboxylic acids is 12. The van der Waals surface area contributed by atoms with Gasteiger partial charge in [-0.15, -0.1) is 0 Å². The molecule has 29 nitrogen and oxygen atoms in total. The summed E-state index contributed by atoms with van der Waals surface area (Å²) in [5.74, 6) is -13.6. The van der Waals surface area contributed by atoms with Gasteiger partial charge in [0.2, 0.25) is 70.9 Å². The van der Waals surface area contributed by atoms with E-state index in [0.29, 0.717) is 12.0 Å². The molecule has 0 spiro atoms. The van der Waals surface area contributed by atoms with Gasteiger partial charge >= 0.3 is 5.97 Å². The Labute approximate surface area is 445 Å². The van der Waals surface area contributed by atoms with Crippen LogP contribution in [0.3, 0.4) is 0 Å². The Morgan fingerprint density at radius 3 is 1.30 bits per heavy atom. The molecule has 1 rings (SSSR count). The molecule has 0 bridgehead atoms. The lowest BCUT2D eigenvalue weighted by Gasteiger charge is -2.28. The zero-order valence-electron chi connectivity index (χ0n) is 44.0. The summed E-state index contributed by atoms with van der Waals surface area (Å²) in [6.45, 7) is 8.28. The average molecular weight is 1090 g/mol. The molecule has 0 fully saturated rings. The van der Waals surface area contributed by atoms with Crippen molar-refractivity contribution in [2.75, 3.05) is 6.54 Å². The summed E-state index contributed by atoms with van der Waals surface area (Å²) >= 11 is 0. The van der Waals surface area contributed by atoms with Crippen LogP contribution in [0.15, 0.2) is 24.3 Å². The zero-order valence-corrected chi connectivity index (χ0v) is 44.0. The summed E-state index contributed by atoms with van der Waals surface area (Å²) in [6.07, 6.45) is -2.83. The van der Waals surface area contributed by atoms with Gasteiger partial charge in [0.25, 0.3) is 0 Å². The molecule has 0 radical (unpaired) electrons. The summed E-state index contributed by atoms with van der Waals surface area (Å²) in [6, 6.07) is -8.06. The highest BCUT2D eigenvalue weighted by atomic mass is 16.4. The Kier molecular flexibility index (Phi) is 29.5. The Bertz CT molecular complexity index is 2250. The molecule has 0 aliphatic rings. The largest absolute Gasteiger partial charge is 0.508 e. The first-order valence-corrected chi connectivity index (χ1v) is 25.0. The highest BCUT2D eigenvalue weighted by Crippen LogP contribution is 2.14. The lowest BCUT2D eigenvalue weighted by Crippen LogP contribution is -2.60. The van der Waals surface area contributed by atoms with Gasteiger partial charge < -0.3 is 87.1 Å². The van der Waals surface area contributed by atoms with E-state index in [1.165, 1.54) is 31.2 Å². The van der Waals surface area contributed by atoms with E-state index in [2.05, 4.69) is 42.5 Å². The number of nitrogens with two attached hydrogens (primary N) is 6. The molecule has 22 N–H and O–H groups in total. The van der Waals surface area contributed by atoms with Crippen LogP contribution in [-0.4, -0.2) is 148 Å². The van der Waals surface area contributed by atoms with E-state index >= 15 is 0 Å². The lowest BCUT2D eigenvalue weighted by molar-refractivity contribution is -0.143. The van der Waals surface area contributed by atoms with E-state index in [-0.39, 0.29) is 62.7 Å². The Hall–Kier alpha value is -7.95. The van der Waals surface area contributed by atoms with Crippen LogP contribution in [0, 0.1) is 11.8 Å². The number of carbonyl (C=O) groups is 13. The van der Waals surface area contributed by atoms with Crippen molar-refractivity contribution in [3.63, 3.8) is 0 Å². The molecule has 9 unspecified atom stereocenters. The molecule has 0 aliphatic carbocycles. The molecule has 12 amide bonds. The SMILES string of the molecule is CC(C)CC(NC(=O)C(CCC(N)=O)NC(=O)C(CCC(N)=O)NC(=O)C(CC(C)C)NC(=O)C(C)NC(=O)C(CCCCN)NC(=O)C(CC(N)=O)NC(=O)C(Cc1ccc(O)cc1)NC(=O)C(N)CC(N)=O)C(=O)O. The summed E-state index contributed by atoms with van der Waals surface area (Å²) in [5.41, 5.74) is 33.1. The van der Waals surface area contributed by atoms with E-state index in [1.54, 1.807) is 27.7 Å². The van der Waals surface area contributed by atoms with Gasteiger partial charge in [-0.25, -0.2) is 4.79 Å². The van der Waals surface area contributed by atoms with Gasteiger partial charge in [0.15, 0.2) is 0 Å². The molecule has 0 saturated heterocycles. The predicted octanol–water partition coefficient (Wildman–Crippen LogP) is -5.25. The fourth-order valence-electron chi connectivity index (χ4n) is 7.38. The Morgan fingerprint density at radius 1 is 0.455 bits per heavy atom. The second-order valence-electron chi connectivity index (χ2n) is 19.4. The number of hydrogen-bond acceptors (Lipinski definition) is 16. The molecular weight excluding hydrogens is 1010 g/mol. The van der Waals surface area contributed by atoms with Crippen molar-refractivity contribution in [2.45, 2.75) is 166 Å². The number of aliphatic carboxylic acids is 1. The first-order valence-electron chi connectivity index (χ1n) is 25.0. The third kappa shape index (κ3) is 26.9. The van der Waals surface area contributed by atoms with E-state index in [4.69, 9.17) is 34.4 Å². The van der Waals surface area contributed by atoms with Crippen molar-refractivity contribution in [2.24, 2.45) is 46.2 Å². The minimum atomic E-state index is -1.76. The number of aromatic hydroxyl groups is 1. The first-order chi connectivity index (χ1) is 35.9. The summed E-state index contributed by atoms with van der Waals surface area (Å²) in [5, 5.41) is 38.8. The number of phenolic OH excluding ortho intramolecular Hbond substituents is 1. The molecule has 1 aromatic carbocycles. The van der Waals surface area contributed by atoms with Crippen LogP contribution in [0.2, 0.25) is 0 Å². The minimum absolute atomic E-state index is 0.0160. The van der Waals surface area contributed by atoms with Gasteiger partial charge in [-0.1, -0.05) is 39.8 Å². The maximum absolute atomic E-state index is 13.9. The van der Waals surface area contributed by atoms with Crippen LogP contribution in [0.25, 0.3) is 0 Å². The van der Waals surface area contributed by atoms with Gasteiger partial charge in [-0.2, -0.15) is 0 Å². The predicted molar refractivity (Wildman–Crippen MR) is 275 cm³/mol. The van der Waals surface area contributed by atoms with Crippen molar-refractivity contribution in [3.05, 3.63) is 29.8 Å². The molecule has 77 heavy (non-hydrogen) atoms. The second kappa shape index (κ2) is 33.9. The number of phenols is 1. The van der Waals surface area contributed by atoms with Crippen molar-refractivity contribution < 1.29 is 72.5 Å². The van der Waals surface area contributed by atoms with Gasteiger partial charge in [0, 0.05) is 19.3 Å². The van der Waals surface area contributed by atoms with Crippen LogP contribution in [-0.2, 0) is 68.7 Å². The molecule has 0 heterocycles. The van der Waals surface area contributed by atoms with Gasteiger partial charge in [0.1, 0.15) is 54.1 Å². The highest BCUT2D eigenvalue weighted by Gasteiger charge is 2.35. The second-order valence-corrected chi connectivity index (χ2v) is 19.4. The summed E-state index contributed by atoms with van der Waals surface area (Å²) < 4.78 is 0. The topological polar surface area (TPSA) is 515 Å². The monoisotopic (exact) mass is 1090 g/mol. The van der Waals surface area contributed by atoms with Crippen LogP contribution < -0.4 is 76.9 Å². The highest BCUT2D eigenvalue weighted by molar-refractivity contribution is 5.99. The Morgan fingerprint density at radius 2 is 0.844 bits per heavy atom. The maximum atomic E-state index is 13.9.